The normalized spacial score (nSPS) is 15.3. The number of pyridine rings is 1. The molecule has 194 valence electrons. The van der Waals surface area contributed by atoms with Crippen LogP contribution in [-0.2, 0) is 19.3 Å². The van der Waals surface area contributed by atoms with Gasteiger partial charge in [0.1, 0.15) is 11.1 Å². The van der Waals surface area contributed by atoms with Gasteiger partial charge in [0.2, 0.25) is 0 Å². The van der Waals surface area contributed by atoms with E-state index in [1.54, 1.807) is 11.3 Å². The Morgan fingerprint density at radius 1 is 1.16 bits per heavy atom. The molecule has 2 heterocycles. The van der Waals surface area contributed by atoms with Crippen molar-refractivity contribution in [1.82, 2.24) is 4.98 Å². The van der Waals surface area contributed by atoms with Crippen LogP contribution in [-0.4, -0.2) is 10.9 Å². The van der Waals surface area contributed by atoms with E-state index in [9.17, 15) is 10.1 Å². The first-order chi connectivity index (χ1) is 18.1. The molecule has 2 aromatic heterocycles. The number of rotatable bonds is 5. The molecule has 0 fully saturated rings. The molecule has 0 spiro atoms. The van der Waals surface area contributed by atoms with E-state index in [-0.39, 0.29) is 11.3 Å². The van der Waals surface area contributed by atoms with E-state index in [1.807, 2.05) is 30.3 Å². The molecule has 38 heavy (non-hydrogen) atoms. The summed E-state index contributed by atoms with van der Waals surface area (Å²) < 4.78 is 0. The molecule has 0 saturated carbocycles. The second-order valence-electron chi connectivity index (χ2n) is 11.9. The molecule has 1 N–H and O–H groups in total. The van der Waals surface area contributed by atoms with Gasteiger partial charge >= 0.3 is 0 Å². The summed E-state index contributed by atoms with van der Waals surface area (Å²) in [6.07, 6.45) is 3.95. The molecule has 2 aromatic carbocycles. The number of benzene rings is 2. The summed E-state index contributed by atoms with van der Waals surface area (Å²) in [7, 11) is 0. The maximum Gasteiger partial charge on any atom is 0.257 e. The van der Waals surface area contributed by atoms with Gasteiger partial charge in [-0.2, -0.15) is 5.26 Å². The van der Waals surface area contributed by atoms with Gasteiger partial charge < -0.3 is 5.32 Å². The summed E-state index contributed by atoms with van der Waals surface area (Å²) >= 11 is 1.57. The number of para-hydroxylation sites is 1. The highest BCUT2D eigenvalue weighted by molar-refractivity contribution is 7.16. The minimum Gasteiger partial charge on any atom is -0.312 e. The lowest BCUT2D eigenvalue weighted by atomic mass is 9.72. The van der Waals surface area contributed by atoms with E-state index in [1.165, 1.54) is 10.4 Å². The van der Waals surface area contributed by atoms with Crippen LogP contribution in [0.5, 0.6) is 0 Å². The fourth-order valence-corrected chi connectivity index (χ4v) is 6.77. The highest BCUT2D eigenvalue weighted by Crippen LogP contribution is 2.44. The van der Waals surface area contributed by atoms with Crippen molar-refractivity contribution in [2.75, 3.05) is 5.32 Å². The molecule has 1 atom stereocenters. The maximum atomic E-state index is 13.7. The Morgan fingerprint density at radius 3 is 2.58 bits per heavy atom. The monoisotopic (exact) mass is 521 g/mol. The second-order valence-corrected chi connectivity index (χ2v) is 13.1. The number of nitrogens with one attached hydrogen (secondary N) is 1. The molecule has 1 amide bonds. The first-order valence-electron chi connectivity index (χ1n) is 13.5. The molecule has 0 radical (unpaired) electrons. The molecule has 4 nitrogen and oxygen atoms in total. The maximum absolute atomic E-state index is 13.7. The van der Waals surface area contributed by atoms with Crippen molar-refractivity contribution in [3.63, 3.8) is 0 Å². The van der Waals surface area contributed by atoms with Crippen molar-refractivity contribution >= 4 is 33.1 Å². The Hall–Kier alpha value is -3.49. The minimum atomic E-state index is -0.205. The van der Waals surface area contributed by atoms with Gasteiger partial charge in [-0.05, 0) is 66.2 Å². The highest BCUT2D eigenvalue weighted by atomic mass is 32.1. The number of nitrogens with zero attached hydrogens (tertiary/aromatic N) is 2. The molecular weight excluding hydrogens is 486 g/mol. The average Bonchev–Trinajstić information content (AvgIpc) is 3.23. The minimum absolute atomic E-state index is 0.205. The topological polar surface area (TPSA) is 65.8 Å². The number of hydrogen-bond donors (Lipinski definition) is 1. The zero-order valence-electron chi connectivity index (χ0n) is 22.9. The van der Waals surface area contributed by atoms with Crippen LogP contribution < -0.4 is 5.32 Å². The van der Waals surface area contributed by atoms with Gasteiger partial charge in [0.25, 0.3) is 5.91 Å². The lowest BCUT2D eigenvalue weighted by Gasteiger charge is -2.33. The van der Waals surface area contributed by atoms with E-state index >= 15 is 0 Å². The summed E-state index contributed by atoms with van der Waals surface area (Å²) in [5, 5.41) is 14.6. The van der Waals surface area contributed by atoms with Crippen molar-refractivity contribution < 1.29 is 4.79 Å². The highest BCUT2D eigenvalue weighted by Gasteiger charge is 2.32. The number of thiophene rings is 1. The third kappa shape index (κ3) is 5.24. The quantitative estimate of drug-likeness (QED) is 0.286. The van der Waals surface area contributed by atoms with Crippen LogP contribution in [0.15, 0.2) is 54.6 Å². The Morgan fingerprint density at radius 2 is 1.89 bits per heavy atom. The molecule has 1 aliphatic rings. The van der Waals surface area contributed by atoms with Crippen LogP contribution in [0.25, 0.3) is 22.2 Å². The fourth-order valence-electron chi connectivity index (χ4n) is 5.50. The standard InChI is InChI=1S/C33H35N3OS/c1-20(2)16-21-10-12-22(13-11-21)29-18-26(24-8-6-7-9-28(24)35-29)31(37)36-32-27(19-34)25-15-14-23(33(3,4)5)17-30(25)38-32/h6-13,18,20,23H,14-17H2,1-5H3,(H,36,37)/t23-/m0/s1. The van der Waals surface area contributed by atoms with E-state index in [0.717, 1.165) is 53.4 Å². The van der Waals surface area contributed by atoms with E-state index in [0.29, 0.717) is 28.0 Å². The Balaban J connectivity index is 1.49. The number of fused-ring (bicyclic) bond motifs is 2. The van der Waals surface area contributed by atoms with Gasteiger partial charge in [-0.1, -0.05) is 77.1 Å². The van der Waals surface area contributed by atoms with Crippen LogP contribution in [0.1, 0.15) is 73.0 Å². The predicted molar refractivity (Wildman–Crippen MR) is 158 cm³/mol. The van der Waals surface area contributed by atoms with Gasteiger partial charge in [-0.25, -0.2) is 4.98 Å². The predicted octanol–water partition coefficient (Wildman–Crippen LogP) is 8.44. The molecule has 0 aliphatic heterocycles. The van der Waals surface area contributed by atoms with Crippen molar-refractivity contribution in [2.24, 2.45) is 17.3 Å². The lowest BCUT2D eigenvalue weighted by Crippen LogP contribution is -2.26. The summed E-state index contributed by atoms with van der Waals surface area (Å²) in [6, 6.07) is 20.5. The number of carbonyl (C=O) groups is 1. The second kappa shape index (κ2) is 10.3. The largest absolute Gasteiger partial charge is 0.312 e. The first-order valence-corrected chi connectivity index (χ1v) is 14.3. The summed E-state index contributed by atoms with van der Waals surface area (Å²) in [4.78, 5) is 19.9. The smallest absolute Gasteiger partial charge is 0.257 e. The summed E-state index contributed by atoms with van der Waals surface area (Å²) in [5.41, 5.74) is 6.36. The third-order valence-electron chi connectivity index (χ3n) is 7.68. The molecule has 0 bridgehead atoms. The van der Waals surface area contributed by atoms with E-state index in [2.05, 4.69) is 70.3 Å². The lowest BCUT2D eigenvalue weighted by molar-refractivity contribution is 0.102. The molecule has 0 saturated heterocycles. The SMILES string of the molecule is CC(C)Cc1ccc(-c2cc(C(=O)Nc3sc4c(c3C#N)CC[C@H](C(C)(C)C)C4)c3ccccc3n2)cc1. The summed E-state index contributed by atoms with van der Waals surface area (Å²) in [6.45, 7) is 11.3. The number of carbonyl (C=O) groups excluding carboxylic acids is 1. The zero-order valence-corrected chi connectivity index (χ0v) is 23.7. The van der Waals surface area contributed by atoms with Gasteiger partial charge in [-0.3, -0.25) is 4.79 Å². The van der Waals surface area contributed by atoms with Crippen LogP contribution in [0.2, 0.25) is 0 Å². The number of nitriles is 1. The number of hydrogen-bond acceptors (Lipinski definition) is 4. The molecular formula is C33H35N3OS. The van der Waals surface area contributed by atoms with Crippen LogP contribution in [0, 0.1) is 28.6 Å². The van der Waals surface area contributed by atoms with Crippen molar-refractivity contribution in [1.29, 1.82) is 5.26 Å². The van der Waals surface area contributed by atoms with Crippen molar-refractivity contribution in [3.05, 3.63) is 81.7 Å². The van der Waals surface area contributed by atoms with E-state index in [4.69, 9.17) is 4.98 Å². The molecule has 5 rings (SSSR count). The number of amides is 1. The zero-order chi connectivity index (χ0) is 27.0. The number of anilines is 1. The van der Waals surface area contributed by atoms with Gasteiger partial charge in [0.05, 0.1) is 22.3 Å². The summed E-state index contributed by atoms with van der Waals surface area (Å²) in [5.74, 6) is 0.960. The molecule has 0 unspecified atom stereocenters. The van der Waals surface area contributed by atoms with Gasteiger partial charge in [0.15, 0.2) is 0 Å². The Bertz CT molecular complexity index is 1530. The van der Waals surface area contributed by atoms with Crippen molar-refractivity contribution in [3.8, 4) is 17.3 Å². The van der Waals surface area contributed by atoms with Crippen LogP contribution >= 0.6 is 11.3 Å². The van der Waals surface area contributed by atoms with Gasteiger partial charge in [-0.15, -0.1) is 11.3 Å². The molecule has 4 aromatic rings. The van der Waals surface area contributed by atoms with Crippen LogP contribution in [0.3, 0.4) is 0 Å². The third-order valence-corrected chi connectivity index (χ3v) is 8.85. The molecule has 1 aliphatic carbocycles. The van der Waals surface area contributed by atoms with Gasteiger partial charge in [0, 0.05) is 15.8 Å². The van der Waals surface area contributed by atoms with Crippen molar-refractivity contribution in [2.45, 2.75) is 60.3 Å². The number of aromatic nitrogens is 1. The average molecular weight is 522 g/mol. The Labute approximate surface area is 229 Å². The fraction of sp³-hybridized carbons (Fsp3) is 0.364. The van der Waals surface area contributed by atoms with E-state index < -0.39 is 0 Å². The Kier molecular flexibility index (Phi) is 7.11. The first kappa shape index (κ1) is 26.1. The molecule has 5 heteroatoms. The van der Waals surface area contributed by atoms with Crippen LogP contribution in [0.4, 0.5) is 5.00 Å².